The highest BCUT2D eigenvalue weighted by Gasteiger charge is 2.10. The van der Waals surface area contributed by atoms with Gasteiger partial charge >= 0.3 is 0 Å². The molecule has 0 aliphatic carbocycles. The molecule has 0 unspecified atom stereocenters. The number of anilines is 1. The molecule has 0 aliphatic heterocycles. The van der Waals surface area contributed by atoms with Crippen LogP contribution in [0.4, 0.5) is 10.1 Å². The predicted octanol–water partition coefficient (Wildman–Crippen LogP) is 6.19. The summed E-state index contributed by atoms with van der Waals surface area (Å²) < 4.78 is 14.8. The van der Waals surface area contributed by atoms with Gasteiger partial charge in [-0.15, -0.1) is 0 Å². The van der Waals surface area contributed by atoms with Crippen LogP contribution < -0.4 is 5.32 Å². The van der Waals surface area contributed by atoms with Crippen molar-refractivity contribution in [2.45, 2.75) is 27.2 Å². The van der Waals surface area contributed by atoms with E-state index in [1.54, 1.807) is 12.1 Å². The van der Waals surface area contributed by atoms with Crippen molar-refractivity contribution < 1.29 is 9.18 Å². The fraction of sp³-hybridized carbons (Fsp3) is 0.235. The van der Waals surface area contributed by atoms with E-state index in [0.29, 0.717) is 10.2 Å². The Morgan fingerprint density at radius 2 is 1.73 bits per heavy atom. The second-order valence-electron chi connectivity index (χ2n) is 4.24. The van der Waals surface area contributed by atoms with Crippen molar-refractivity contribution in [2.75, 3.05) is 5.32 Å². The molecule has 0 atom stereocenters. The van der Waals surface area contributed by atoms with Crippen LogP contribution in [0.5, 0.6) is 0 Å². The third kappa shape index (κ3) is 4.92. The zero-order valence-corrected chi connectivity index (χ0v) is 15.9. The van der Waals surface area contributed by atoms with E-state index in [9.17, 15) is 9.18 Å². The summed E-state index contributed by atoms with van der Waals surface area (Å²) in [5, 5.41) is 2.77. The number of aryl methyl sites for hydroxylation is 1. The zero-order chi connectivity index (χ0) is 16.7. The molecule has 0 radical (unpaired) electrons. The first-order chi connectivity index (χ1) is 10.5. The number of amides is 1. The van der Waals surface area contributed by atoms with Gasteiger partial charge in [-0.3, -0.25) is 4.79 Å². The summed E-state index contributed by atoms with van der Waals surface area (Å²) in [5.41, 5.74) is 2.08. The van der Waals surface area contributed by atoms with Crippen LogP contribution in [0.2, 0.25) is 0 Å². The monoisotopic (exact) mass is 429 g/mol. The van der Waals surface area contributed by atoms with Gasteiger partial charge in [0.1, 0.15) is 5.82 Å². The minimum absolute atomic E-state index is 0.284. The van der Waals surface area contributed by atoms with Crippen LogP contribution in [-0.4, -0.2) is 5.91 Å². The SMILES string of the molecule is CC.CCc1cc(NC(=O)c2ccc(Br)c(F)c2)ccc1Br. The van der Waals surface area contributed by atoms with Crippen molar-refractivity contribution in [1.82, 2.24) is 0 Å². The molecule has 2 aromatic carbocycles. The van der Waals surface area contributed by atoms with E-state index in [-0.39, 0.29) is 11.5 Å². The van der Waals surface area contributed by atoms with Gasteiger partial charge in [-0.05, 0) is 64.3 Å². The predicted molar refractivity (Wildman–Crippen MR) is 96.9 cm³/mol. The topological polar surface area (TPSA) is 29.1 Å². The highest BCUT2D eigenvalue weighted by Crippen LogP contribution is 2.22. The summed E-state index contributed by atoms with van der Waals surface area (Å²) in [4.78, 5) is 12.1. The van der Waals surface area contributed by atoms with Crippen LogP contribution in [0.3, 0.4) is 0 Å². The molecule has 1 N–H and O–H groups in total. The van der Waals surface area contributed by atoms with E-state index < -0.39 is 5.82 Å². The van der Waals surface area contributed by atoms with E-state index >= 15 is 0 Å². The average molecular weight is 431 g/mol. The zero-order valence-electron chi connectivity index (χ0n) is 12.7. The summed E-state index contributed by atoms with van der Waals surface area (Å²) >= 11 is 6.51. The number of hydrogen-bond acceptors (Lipinski definition) is 1. The van der Waals surface area contributed by atoms with E-state index in [0.717, 1.165) is 16.5 Å². The largest absolute Gasteiger partial charge is 0.322 e. The third-order valence-electron chi connectivity index (χ3n) is 2.87. The Hall–Kier alpha value is -1.20. The maximum atomic E-state index is 13.4. The maximum Gasteiger partial charge on any atom is 0.255 e. The Balaban J connectivity index is 0.00000116. The van der Waals surface area contributed by atoms with Crippen LogP contribution in [0, 0.1) is 5.82 Å². The number of carbonyl (C=O) groups excluding carboxylic acids is 1. The van der Waals surface area contributed by atoms with Crippen LogP contribution in [0.15, 0.2) is 45.3 Å². The third-order valence-corrected chi connectivity index (χ3v) is 4.28. The first-order valence-electron chi connectivity index (χ1n) is 7.06. The minimum atomic E-state index is -0.456. The van der Waals surface area contributed by atoms with Crippen molar-refractivity contribution in [3.8, 4) is 0 Å². The molecule has 22 heavy (non-hydrogen) atoms. The lowest BCUT2D eigenvalue weighted by Crippen LogP contribution is -2.12. The van der Waals surface area contributed by atoms with Crippen molar-refractivity contribution in [3.05, 3.63) is 62.3 Å². The average Bonchev–Trinajstić information content (AvgIpc) is 2.53. The van der Waals surface area contributed by atoms with Crippen molar-refractivity contribution >= 4 is 43.5 Å². The first-order valence-corrected chi connectivity index (χ1v) is 8.64. The van der Waals surface area contributed by atoms with Crippen LogP contribution >= 0.6 is 31.9 Å². The summed E-state index contributed by atoms with van der Waals surface area (Å²) in [5.74, 6) is -0.788. The molecule has 118 valence electrons. The molecule has 0 bridgehead atoms. The Kier molecular flexibility index (Phi) is 7.76. The Bertz CT molecular complexity index is 659. The van der Waals surface area contributed by atoms with Gasteiger partial charge in [-0.25, -0.2) is 4.39 Å². The molecule has 0 fully saturated rings. The van der Waals surface area contributed by atoms with E-state index in [2.05, 4.69) is 37.2 Å². The van der Waals surface area contributed by atoms with Crippen molar-refractivity contribution in [1.29, 1.82) is 0 Å². The lowest BCUT2D eigenvalue weighted by molar-refractivity contribution is 0.102. The fourth-order valence-corrected chi connectivity index (χ4v) is 2.54. The lowest BCUT2D eigenvalue weighted by atomic mass is 10.1. The Morgan fingerprint density at radius 3 is 2.32 bits per heavy atom. The molecule has 2 aromatic rings. The quantitative estimate of drug-likeness (QED) is 0.617. The van der Waals surface area contributed by atoms with Crippen LogP contribution in [-0.2, 0) is 6.42 Å². The number of benzene rings is 2. The van der Waals surface area contributed by atoms with Crippen molar-refractivity contribution in [2.24, 2.45) is 0 Å². The molecule has 0 spiro atoms. The first kappa shape index (κ1) is 18.8. The number of halogens is 3. The number of nitrogens with one attached hydrogen (secondary N) is 1. The van der Waals surface area contributed by atoms with E-state index in [1.807, 2.05) is 32.9 Å². The van der Waals surface area contributed by atoms with Crippen LogP contribution in [0.25, 0.3) is 0 Å². The highest BCUT2D eigenvalue weighted by atomic mass is 79.9. The molecule has 5 heteroatoms. The van der Waals surface area contributed by atoms with Gasteiger partial charge in [0, 0.05) is 15.7 Å². The molecular formula is C17H18Br2FNO. The van der Waals surface area contributed by atoms with Gasteiger partial charge in [-0.1, -0.05) is 36.7 Å². The summed E-state index contributed by atoms with van der Waals surface area (Å²) in [6.07, 6.45) is 0.858. The van der Waals surface area contributed by atoms with Gasteiger partial charge < -0.3 is 5.32 Å². The van der Waals surface area contributed by atoms with Gasteiger partial charge in [0.15, 0.2) is 0 Å². The van der Waals surface area contributed by atoms with E-state index in [4.69, 9.17) is 0 Å². The van der Waals surface area contributed by atoms with Gasteiger partial charge in [0.2, 0.25) is 0 Å². The molecule has 2 nitrogen and oxygen atoms in total. The van der Waals surface area contributed by atoms with Gasteiger partial charge in [0.25, 0.3) is 5.91 Å². The maximum absolute atomic E-state index is 13.4. The standard InChI is InChI=1S/C15H12Br2FNO.C2H6/c1-2-9-7-11(4-6-12(9)16)19-15(20)10-3-5-13(17)14(18)8-10;1-2/h3-8H,2H2,1H3,(H,19,20);1-2H3. The van der Waals surface area contributed by atoms with Gasteiger partial charge in [0.05, 0.1) is 4.47 Å². The summed E-state index contributed by atoms with van der Waals surface area (Å²) in [6.45, 7) is 6.04. The molecular weight excluding hydrogens is 413 g/mol. The van der Waals surface area contributed by atoms with Crippen molar-refractivity contribution in [3.63, 3.8) is 0 Å². The minimum Gasteiger partial charge on any atom is -0.322 e. The highest BCUT2D eigenvalue weighted by molar-refractivity contribution is 9.10. The molecule has 1 amide bonds. The summed E-state index contributed by atoms with van der Waals surface area (Å²) in [7, 11) is 0. The molecule has 0 aliphatic rings. The second kappa shape index (κ2) is 9.06. The number of rotatable bonds is 3. The second-order valence-corrected chi connectivity index (χ2v) is 5.95. The fourth-order valence-electron chi connectivity index (χ4n) is 1.76. The van der Waals surface area contributed by atoms with Gasteiger partial charge in [-0.2, -0.15) is 0 Å². The molecule has 0 aromatic heterocycles. The Labute approximate surface area is 147 Å². The lowest BCUT2D eigenvalue weighted by Gasteiger charge is -2.08. The number of carbonyl (C=O) groups is 1. The number of hydrogen-bond donors (Lipinski definition) is 1. The molecule has 0 heterocycles. The molecule has 2 rings (SSSR count). The normalized spacial score (nSPS) is 9.73. The summed E-state index contributed by atoms with van der Waals surface area (Å²) in [6, 6.07) is 9.88. The molecule has 0 saturated heterocycles. The smallest absolute Gasteiger partial charge is 0.255 e. The molecule has 0 saturated carbocycles. The van der Waals surface area contributed by atoms with Crippen LogP contribution in [0.1, 0.15) is 36.7 Å². The Morgan fingerprint density at radius 1 is 1.09 bits per heavy atom. The van der Waals surface area contributed by atoms with E-state index in [1.165, 1.54) is 12.1 Å².